The van der Waals surface area contributed by atoms with Crippen LogP contribution in [0.1, 0.15) is 5.56 Å². The predicted octanol–water partition coefficient (Wildman–Crippen LogP) is 3.40. The lowest BCUT2D eigenvalue weighted by Crippen LogP contribution is -2.24. The fourth-order valence-corrected chi connectivity index (χ4v) is 1.75. The van der Waals surface area contributed by atoms with E-state index in [-0.39, 0.29) is 5.69 Å². The Bertz CT molecular complexity index is 719. The van der Waals surface area contributed by atoms with Crippen molar-refractivity contribution in [3.63, 3.8) is 0 Å². The minimum absolute atomic E-state index is 0.111. The van der Waals surface area contributed by atoms with Gasteiger partial charge in [0.15, 0.2) is 0 Å². The Balaban J connectivity index is 1.99. The lowest BCUT2D eigenvalue weighted by molar-refractivity contribution is -0.384. The number of hydrazone groups is 1. The van der Waals surface area contributed by atoms with Crippen molar-refractivity contribution in [1.82, 2.24) is 5.43 Å². The molecule has 0 aliphatic carbocycles. The van der Waals surface area contributed by atoms with Crippen LogP contribution in [0.5, 0.6) is 0 Å². The van der Waals surface area contributed by atoms with Gasteiger partial charge >= 0.3 is 6.03 Å². The fraction of sp³-hybridized carbons (Fsp3) is 0. The molecule has 8 heteroatoms. The number of nitrogens with zero attached hydrogens (tertiary/aromatic N) is 2. The second-order valence-corrected chi connectivity index (χ2v) is 4.56. The first-order valence-electron chi connectivity index (χ1n) is 6.15. The van der Waals surface area contributed by atoms with Gasteiger partial charge in [-0.15, -0.1) is 0 Å². The largest absolute Gasteiger partial charge is 0.339 e. The fourth-order valence-electron chi connectivity index (χ4n) is 1.58. The first-order valence-corrected chi connectivity index (χ1v) is 6.53. The maximum atomic E-state index is 11.6. The third-order valence-electron chi connectivity index (χ3n) is 2.59. The van der Waals surface area contributed by atoms with E-state index in [1.807, 2.05) is 6.07 Å². The summed E-state index contributed by atoms with van der Waals surface area (Å²) in [6.45, 7) is 0. The van der Waals surface area contributed by atoms with Crippen molar-refractivity contribution in [3.05, 3.63) is 69.2 Å². The smallest absolute Gasteiger partial charge is 0.307 e. The van der Waals surface area contributed by atoms with Gasteiger partial charge in [-0.2, -0.15) is 5.10 Å². The molecule has 0 fully saturated rings. The zero-order valence-electron chi connectivity index (χ0n) is 11.2. The first kappa shape index (κ1) is 15.5. The van der Waals surface area contributed by atoms with Crippen molar-refractivity contribution in [2.24, 2.45) is 5.10 Å². The van der Waals surface area contributed by atoms with Gasteiger partial charge in [0, 0.05) is 28.4 Å². The summed E-state index contributed by atoms with van der Waals surface area (Å²) in [5.74, 6) is 0. The minimum Gasteiger partial charge on any atom is -0.307 e. The van der Waals surface area contributed by atoms with Gasteiger partial charge in [0.05, 0.1) is 11.1 Å². The van der Waals surface area contributed by atoms with E-state index in [9.17, 15) is 14.9 Å². The Morgan fingerprint density at radius 1 is 1.23 bits per heavy atom. The summed E-state index contributed by atoms with van der Waals surface area (Å²) in [6, 6.07) is 12.2. The highest BCUT2D eigenvalue weighted by atomic mass is 35.5. The highest BCUT2D eigenvalue weighted by Gasteiger charge is 2.08. The number of carbonyl (C=O) groups excluding carboxylic acids is 1. The number of hydrogen-bond donors (Lipinski definition) is 2. The van der Waals surface area contributed by atoms with Crippen LogP contribution >= 0.6 is 11.6 Å². The molecule has 22 heavy (non-hydrogen) atoms. The number of amides is 2. The highest BCUT2D eigenvalue weighted by Crippen LogP contribution is 2.20. The maximum Gasteiger partial charge on any atom is 0.339 e. The summed E-state index contributed by atoms with van der Waals surface area (Å²) in [4.78, 5) is 21.7. The van der Waals surface area contributed by atoms with Gasteiger partial charge in [-0.3, -0.25) is 10.1 Å². The minimum atomic E-state index is -0.538. The summed E-state index contributed by atoms with van der Waals surface area (Å²) >= 11 is 5.90. The number of anilines is 1. The SMILES string of the molecule is O=C(N/N=C/c1cc([N+](=O)[O-])ccc1Cl)Nc1ccccc1. The van der Waals surface area contributed by atoms with Crippen LogP contribution in [0.2, 0.25) is 5.02 Å². The molecule has 0 radical (unpaired) electrons. The van der Waals surface area contributed by atoms with Gasteiger partial charge in [0.2, 0.25) is 0 Å². The van der Waals surface area contributed by atoms with Gasteiger partial charge in [-0.05, 0) is 18.2 Å². The molecule has 0 aliphatic heterocycles. The average Bonchev–Trinajstić information content (AvgIpc) is 2.50. The van der Waals surface area contributed by atoms with E-state index in [0.29, 0.717) is 16.3 Å². The second-order valence-electron chi connectivity index (χ2n) is 4.15. The topological polar surface area (TPSA) is 96.6 Å². The van der Waals surface area contributed by atoms with Crippen molar-refractivity contribution in [1.29, 1.82) is 0 Å². The van der Waals surface area contributed by atoms with E-state index in [2.05, 4.69) is 15.8 Å². The molecule has 2 aromatic carbocycles. The van der Waals surface area contributed by atoms with Crippen molar-refractivity contribution >= 4 is 35.2 Å². The molecule has 0 bridgehead atoms. The zero-order chi connectivity index (χ0) is 15.9. The molecule has 0 aromatic heterocycles. The summed E-state index contributed by atoms with van der Waals surface area (Å²) in [5, 5.41) is 17.3. The Labute approximate surface area is 130 Å². The molecular weight excluding hydrogens is 308 g/mol. The predicted molar refractivity (Wildman–Crippen MR) is 84.3 cm³/mol. The molecule has 2 rings (SSSR count). The van der Waals surface area contributed by atoms with E-state index in [0.717, 1.165) is 0 Å². The first-order chi connectivity index (χ1) is 10.6. The van der Waals surface area contributed by atoms with E-state index in [1.165, 1.54) is 24.4 Å². The van der Waals surface area contributed by atoms with Crippen molar-refractivity contribution in [3.8, 4) is 0 Å². The molecule has 0 atom stereocenters. The molecule has 2 amide bonds. The van der Waals surface area contributed by atoms with Crippen LogP contribution in [-0.2, 0) is 0 Å². The molecular formula is C14H11ClN4O3. The van der Waals surface area contributed by atoms with Crippen LogP contribution in [-0.4, -0.2) is 17.2 Å². The van der Waals surface area contributed by atoms with Crippen molar-refractivity contribution < 1.29 is 9.72 Å². The lowest BCUT2D eigenvalue weighted by Gasteiger charge is -2.03. The molecule has 2 aromatic rings. The number of halogens is 1. The van der Waals surface area contributed by atoms with Gasteiger partial charge in [-0.25, -0.2) is 10.2 Å². The van der Waals surface area contributed by atoms with Crippen molar-refractivity contribution in [2.45, 2.75) is 0 Å². The van der Waals surface area contributed by atoms with Crippen LogP contribution in [0.15, 0.2) is 53.6 Å². The number of nitro groups is 1. The molecule has 0 saturated carbocycles. The van der Waals surface area contributed by atoms with Gasteiger partial charge in [-0.1, -0.05) is 29.8 Å². The number of carbonyl (C=O) groups is 1. The average molecular weight is 319 g/mol. The number of rotatable bonds is 4. The number of urea groups is 1. The summed E-state index contributed by atoms with van der Waals surface area (Å²) in [6.07, 6.45) is 1.24. The molecule has 112 valence electrons. The van der Waals surface area contributed by atoms with E-state index >= 15 is 0 Å². The van der Waals surface area contributed by atoms with Crippen LogP contribution in [0.4, 0.5) is 16.2 Å². The molecule has 0 unspecified atom stereocenters. The molecule has 0 heterocycles. The number of para-hydroxylation sites is 1. The lowest BCUT2D eigenvalue weighted by atomic mass is 10.2. The number of nitro benzene ring substituents is 1. The van der Waals surface area contributed by atoms with E-state index < -0.39 is 11.0 Å². The van der Waals surface area contributed by atoms with Gasteiger partial charge in [0.25, 0.3) is 5.69 Å². The summed E-state index contributed by atoms with van der Waals surface area (Å²) in [5.41, 5.74) is 3.08. The number of non-ortho nitro benzene ring substituents is 1. The highest BCUT2D eigenvalue weighted by molar-refractivity contribution is 6.33. The van der Waals surface area contributed by atoms with E-state index in [4.69, 9.17) is 11.6 Å². The summed E-state index contributed by atoms with van der Waals surface area (Å²) < 4.78 is 0. The zero-order valence-corrected chi connectivity index (χ0v) is 11.9. The number of nitrogens with one attached hydrogen (secondary N) is 2. The number of hydrogen-bond acceptors (Lipinski definition) is 4. The standard InChI is InChI=1S/C14H11ClN4O3/c15-13-7-6-12(19(21)22)8-10(13)9-16-18-14(20)17-11-4-2-1-3-5-11/h1-9H,(H2,17,18,20)/b16-9+. The summed E-state index contributed by atoms with van der Waals surface area (Å²) in [7, 11) is 0. The third-order valence-corrected chi connectivity index (χ3v) is 2.94. The van der Waals surface area contributed by atoms with Crippen LogP contribution < -0.4 is 10.7 Å². The van der Waals surface area contributed by atoms with Crippen LogP contribution in [0, 0.1) is 10.1 Å². The second kappa shape index (κ2) is 7.19. The third kappa shape index (κ3) is 4.29. The van der Waals surface area contributed by atoms with E-state index in [1.54, 1.807) is 24.3 Å². The molecule has 0 spiro atoms. The molecule has 0 aliphatic rings. The number of benzene rings is 2. The Morgan fingerprint density at radius 2 is 1.95 bits per heavy atom. The van der Waals surface area contributed by atoms with Gasteiger partial charge < -0.3 is 5.32 Å². The molecule has 2 N–H and O–H groups in total. The van der Waals surface area contributed by atoms with Crippen LogP contribution in [0.25, 0.3) is 0 Å². The Hall–Kier alpha value is -2.93. The molecule has 0 saturated heterocycles. The Morgan fingerprint density at radius 3 is 2.64 bits per heavy atom. The quantitative estimate of drug-likeness (QED) is 0.513. The normalized spacial score (nSPS) is 10.4. The monoisotopic (exact) mass is 318 g/mol. The maximum absolute atomic E-state index is 11.6. The van der Waals surface area contributed by atoms with Crippen molar-refractivity contribution in [2.75, 3.05) is 5.32 Å². The van der Waals surface area contributed by atoms with Crippen LogP contribution in [0.3, 0.4) is 0 Å². The van der Waals surface area contributed by atoms with Gasteiger partial charge in [0.1, 0.15) is 0 Å². The molecule has 7 nitrogen and oxygen atoms in total. The Kier molecular flexibility index (Phi) is 5.05.